The van der Waals surface area contributed by atoms with E-state index in [2.05, 4.69) is 32.5 Å². The number of piperazine rings is 1. The lowest BCUT2D eigenvalue weighted by Crippen LogP contribution is -2.48. The highest BCUT2D eigenvalue weighted by Crippen LogP contribution is 2.18. The molecule has 3 aromatic rings. The van der Waals surface area contributed by atoms with Crippen LogP contribution in [0.4, 0.5) is 15.9 Å². The predicted octanol–water partition coefficient (Wildman–Crippen LogP) is 3.32. The molecule has 4 rings (SSSR count). The van der Waals surface area contributed by atoms with Crippen LogP contribution in [0.2, 0.25) is 0 Å². The average Bonchev–Trinajstić information content (AvgIpc) is 2.77. The SMILES string of the molecule is O=C(c1ccc(Nc2ccccc2F)nn1)N1CCN(Cc2ccccc2)CC1. The van der Waals surface area contributed by atoms with Crippen LogP contribution in [0.15, 0.2) is 66.7 Å². The van der Waals surface area contributed by atoms with Crippen molar-refractivity contribution in [1.29, 1.82) is 0 Å². The number of para-hydroxylation sites is 1. The van der Waals surface area contributed by atoms with E-state index in [1.165, 1.54) is 11.6 Å². The average molecular weight is 391 g/mol. The number of nitrogens with zero attached hydrogens (tertiary/aromatic N) is 4. The van der Waals surface area contributed by atoms with Crippen LogP contribution in [0.1, 0.15) is 16.1 Å². The van der Waals surface area contributed by atoms with Crippen LogP contribution in [0, 0.1) is 5.82 Å². The van der Waals surface area contributed by atoms with Gasteiger partial charge in [0.15, 0.2) is 11.5 Å². The van der Waals surface area contributed by atoms with Crippen LogP contribution in [-0.4, -0.2) is 52.1 Å². The maximum absolute atomic E-state index is 13.7. The van der Waals surface area contributed by atoms with Crippen LogP contribution in [-0.2, 0) is 6.54 Å². The number of amides is 1. The number of carbonyl (C=O) groups excluding carboxylic acids is 1. The van der Waals surface area contributed by atoms with Crippen LogP contribution in [0.3, 0.4) is 0 Å². The Morgan fingerprint density at radius 2 is 1.62 bits per heavy atom. The minimum Gasteiger partial charge on any atom is -0.336 e. The van der Waals surface area contributed by atoms with Gasteiger partial charge in [0.25, 0.3) is 5.91 Å². The Bertz CT molecular complexity index is 956. The van der Waals surface area contributed by atoms with Crippen LogP contribution < -0.4 is 5.32 Å². The highest BCUT2D eigenvalue weighted by molar-refractivity contribution is 5.92. The molecule has 0 saturated carbocycles. The molecule has 6 nitrogen and oxygen atoms in total. The third kappa shape index (κ3) is 4.75. The summed E-state index contributed by atoms with van der Waals surface area (Å²) in [6.45, 7) is 3.84. The molecule has 0 radical (unpaired) electrons. The van der Waals surface area contributed by atoms with Gasteiger partial charge in [0.1, 0.15) is 5.82 Å². The molecule has 2 heterocycles. The summed E-state index contributed by atoms with van der Waals surface area (Å²) in [6.07, 6.45) is 0. The van der Waals surface area contributed by atoms with E-state index in [0.717, 1.165) is 19.6 Å². The number of anilines is 2. The molecule has 0 atom stereocenters. The first-order valence-electron chi connectivity index (χ1n) is 9.60. The van der Waals surface area contributed by atoms with E-state index in [9.17, 15) is 9.18 Å². The van der Waals surface area contributed by atoms with Crippen LogP contribution >= 0.6 is 0 Å². The molecule has 1 N–H and O–H groups in total. The number of nitrogens with one attached hydrogen (secondary N) is 1. The van der Waals surface area contributed by atoms with E-state index in [-0.39, 0.29) is 11.7 Å². The lowest BCUT2D eigenvalue weighted by Gasteiger charge is -2.34. The third-order valence-electron chi connectivity index (χ3n) is 4.93. The zero-order valence-corrected chi connectivity index (χ0v) is 16.0. The molecule has 1 aromatic heterocycles. The first-order valence-corrected chi connectivity index (χ1v) is 9.60. The Hall–Kier alpha value is -3.32. The largest absolute Gasteiger partial charge is 0.336 e. The molecule has 1 aliphatic rings. The molecule has 1 fully saturated rings. The van der Waals surface area contributed by atoms with E-state index in [1.54, 1.807) is 35.2 Å². The molecule has 29 heavy (non-hydrogen) atoms. The Labute approximate surface area is 169 Å². The monoisotopic (exact) mass is 391 g/mol. The molecular formula is C22H22FN5O. The van der Waals surface area contributed by atoms with Crippen LogP contribution in [0.25, 0.3) is 0 Å². The summed E-state index contributed by atoms with van der Waals surface area (Å²) in [7, 11) is 0. The number of hydrogen-bond acceptors (Lipinski definition) is 5. The molecule has 7 heteroatoms. The summed E-state index contributed by atoms with van der Waals surface area (Å²) < 4.78 is 13.7. The number of rotatable bonds is 5. The van der Waals surface area contributed by atoms with Crippen molar-refractivity contribution in [3.63, 3.8) is 0 Å². The maximum atomic E-state index is 13.7. The summed E-state index contributed by atoms with van der Waals surface area (Å²) >= 11 is 0. The van der Waals surface area contributed by atoms with Gasteiger partial charge in [-0.05, 0) is 29.8 Å². The molecule has 1 saturated heterocycles. The smallest absolute Gasteiger partial charge is 0.274 e. The van der Waals surface area contributed by atoms with Gasteiger partial charge < -0.3 is 10.2 Å². The van der Waals surface area contributed by atoms with Gasteiger partial charge in [-0.3, -0.25) is 9.69 Å². The molecular weight excluding hydrogens is 369 g/mol. The van der Waals surface area contributed by atoms with Crippen molar-refractivity contribution in [2.24, 2.45) is 0 Å². The number of benzene rings is 2. The Morgan fingerprint density at radius 3 is 2.31 bits per heavy atom. The fourth-order valence-electron chi connectivity index (χ4n) is 3.33. The summed E-state index contributed by atoms with van der Waals surface area (Å²) in [6, 6.07) is 19.9. The first-order chi connectivity index (χ1) is 14.2. The Balaban J connectivity index is 1.32. The standard InChI is InChI=1S/C22H22FN5O/c23-18-8-4-5-9-19(18)24-21-11-10-20(25-26-21)22(29)28-14-12-27(13-15-28)16-17-6-2-1-3-7-17/h1-11H,12-16H2,(H,24,26). The maximum Gasteiger partial charge on any atom is 0.274 e. The van der Waals surface area contributed by atoms with E-state index in [0.29, 0.717) is 30.3 Å². The predicted molar refractivity (Wildman–Crippen MR) is 109 cm³/mol. The molecule has 0 aliphatic carbocycles. The quantitative estimate of drug-likeness (QED) is 0.723. The van der Waals surface area contributed by atoms with Gasteiger partial charge in [-0.2, -0.15) is 0 Å². The van der Waals surface area contributed by atoms with Gasteiger partial charge in [-0.15, -0.1) is 10.2 Å². The summed E-state index contributed by atoms with van der Waals surface area (Å²) in [5.41, 5.74) is 1.88. The van der Waals surface area contributed by atoms with Gasteiger partial charge in [0.05, 0.1) is 5.69 Å². The zero-order chi connectivity index (χ0) is 20.1. The fraction of sp³-hybridized carbons (Fsp3) is 0.227. The van der Waals surface area contributed by atoms with Crippen molar-refractivity contribution in [1.82, 2.24) is 20.0 Å². The van der Waals surface area contributed by atoms with Crippen molar-refractivity contribution in [3.05, 3.63) is 83.8 Å². The van der Waals surface area contributed by atoms with Crippen LogP contribution in [0.5, 0.6) is 0 Å². The molecule has 0 bridgehead atoms. The second-order valence-electron chi connectivity index (χ2n) is 6.96. The highest BCUT2D eigenvalue weighted by Gasteiger charge is 2.23. The van der Waals surface area contributed by atoms with Gasteiger partial charge in [-0.25, -0.2) is 4.39 Å². The van der Waals surface area contributed by atoms with E-state index >= 15 is 0 Å². The normalized spacial score (nSPS) is 14.6. The first kappa shape index (κ1) is 19.0. The summed E-state index contributed by atoms with van der Waals surface area (Å²) in [4.78, 5) is 16.9. The van der Waals surface area contributed by atoms with Gasteiger partial charge in [-0.1, -0.05) is 42.5 Å². The highest BCUT2D eigenvalue weighted by atomic mass is 19.1. The lowest BCUT2D eigenvalue weighted by atomic mass is 10.2. The second kappa shape index (κ2) is 8.79. The Kier molecular flexibility index (Phi) is 5.76. The van der Waals surface area contributed by atoms with Crippen molar-refractivity contribution >= 4 is 17.4 Å². The Morgan fingerprint density at radius 1 is 0.897 bits per heavy atom. The molecule has 0 unspecified atom stereocenters. The van der Waals surface area contributed by atoms with Crippen molar-refractivity contribution in [2.75, 3.05) is 31.5 Å². The number of hydrogen-bond donors (Lipinski definition) is 1. The lowest BCUT2D eigenvalue weighted by molar-refractivity contribution is 0.0621. The van der Waals surface area contributed by atoms with Crippen molar-refractivity contribution in [3.8, 4) is 0 Å². The zero-order valence-electron chi connectivity index (χ0n) is 16.0. The molecule has 0 spiro atoms. The number of halogens is 1. The minimum absolute atomic E-state index is 0.130. The van der Waals surface area contributed by atoms with E-state index in [1.807, 2.05) is 18.2 Å². The molecule has 1 aliphatic heterocycles. The summed E-state index contributed by atoms with van der Waals surface area (Å²) in [5.74, 6) is -0.114. The van der Waals surface area contributed by atoms with Crippen molar-refractivity contribution < 1.29 is 9.18 Å². The van der Waals surface area contributed by atoms with Crippen molar-refractivity contribution in [2.45, 2.75) is 6.54 Å². The topological polar surface area (TPSA) is 61.4 Å². The van der Waals surface area contributed by atoms with Gasteiger partial charge in [0.2, 0.25) is 0 Å². The molecule has 148 valence electrons. The van der Waals surface area contributed by atoms with Gasteiger partial charge in [0, 0.05) is 32.7 Å². The number of carbonyl (C=O) groups is 1. The summed E-state index contributed by atoms with van der Waals surface area (Å²) in [5, 5.41) is 10.9. The molecule has 1 amide bonds. The fourth-order valence-corrected chi connectivity index (χ4v) is 3.33. The number of aromatic nitrogens is 2. The minimum atomic E-state index is -0.372. The van der Waals surface area contributed by atoms with E-state index < -0.39 is 0 Å². The van der Waals surface area contributed by atoms with E-state index in [4.69, 9.17) is 0 Å². The third-order valence-corrected chi connectivity index (χ3v) is 4.93. The van der Waals surface area contributed by atoms with Gasteiger partial charge >= 0.3 is 0 Å². The second-order valence-corrected chi connectivity index (χ2v) is 6.96. The molecule has 2 aromatic carbocycles.